The average Bonchev–Trinajstić information content (AvgIpc) is 2.36. The first kappa shape index (κ1) is 16.9. The number of hydrogen-bond acceptors (Lipinski definition) is 5. The smallest absolute Gasteiger partial charge is 0.147 e. The maximum Gasteiger partial charge on any atom is 0.147 e. The fourth-order valence-electron chi connectivity index (χ4n) is 1.69. The molecule has 1 aromatic carbocycles. The minimum absolute atomic E-state index is 0.163. The molecular weight excluding hydrogens is 278 g/mol. The Bertz CT molecular complexity index is 502. The van der Waals surface area contributed by atoms with Crippen molar-refractivity contribution in [1.29, 1.82) is 0 Å². The quantitative estimate of drug-likeness (QED) is 0.659. The van der Waals surface area contributed by atoms with Gasteiger partial charge in [0.25, 0.3) is 0 Å². The lowest BCUT2D eigenvalue weighted by molar-refractivity contribution is 0.106. The average molecular weight is 301 g/mol. The van der Waals surface area contributed by atoms with Crippen LogP contribution in [0.4, 0.5) is 0 Å². The van der Waals surface area contributed by atoms with Gasteiger partial charge >= 0.3 is 0 Å². The van der Waals surface area contributed by atoms with E-state index in [0.717, 1.165) is 11.3 Å². The van der Waals surface area contributed by atoms with Gasteiger partial charge in [0, 0.05) is 12.8 Å². The summed E-state index contributed by atoms with van der Waals surface area (Å²) >= 11 is 0. The summed E-state index contributed by atoms with van der Waals surface area (Å²) in [5, 5.41) is 12.8. The minimum atomic E-state index is -2.90. The van der Waals surface area contributed by atoms with E-state index in [4.69, 9.17) is 4.74 Å². The van der Waals surface area contributed by atoms with Gasteiger partial charge in [-0.1, -0.05) is 18.2 Å². The van der Waals surface area contributed by atoms with Crippen LogP contribution in [0.1, 0.15) is 12.0 Å². The molecule has 1 atom stereocenters. The monoisotopic (exact) mass is 301 g/mol. The third-order valence-corrected chi connectivity index (χ3v) is 3.80. The largest absolute Gasteiger partial charge is 0.491 e. The Morgan fingerprint density at radius 3 is 2.70 bits per heavy atom. The zero-order chi connectivity index (χ0) is 15.0. The van der Waals surface area contributed by atoms with Crippen molar-refractivity contribution in [1.82, 2.24) is 5.32 Å². The normalized spacial score (nSPS) is 13.2. The summed E-state index contributed by atoms with van der Waals surface area (Å²) < 4.78 is 27.4. The van der Waals surface area contributed by atoms with Crippen molar-refractivity contribution in [3.63, 3.8) is 0 Å². The van der Waals surface area contributed by atoms with Gasteiger partial charge in [-0.05, 0) is 31.5 Å². The van der Waals surface area contributed by atoms with E-state index in [2.05, 4.69) is 5.32 Å². The molecule has 0 saturated carbocycles. The summed E-state index contributed by atoms with van der Waals surface area (Å²) in [5.41, 5.74) is 1.03. The van der Waals surface area contributed by atoms with E-state index in [9.17, 15) is 13.5 Å². The van der Waals surface area contributed by atoms with Crippen molar-refractivity contribution in [3.05, 3.63) is 29.8 Å². The fraction of sp³-hybridized carbons (Fsp3) is 0.571. The Balaban J connectivity index is 2.15. The SMILES string of the molecule is Cc1ccccc1OCC(O)CNCCCS(C)(=O)=O. The number of hydrogen-bond donors (Lipinski definition) is 2. The second-order valence-corrected chi connectivity index (χ2v) is 7.18. The van der Waals surface area contributed by atoms with Gasteiger partial charge in [-0.2, -0.15) is 0 Å². The molecule has 0 aliphatic rings. The van der Waals surface area contributed by atoms with Crippen molar-refractivity contribution in [3.8, 4) is 5.75 Å². The number of ether oxygens (including phenoxy) is 1. The van der Waals surface area contributed by atoms with E-state index in [1.165, 1.54) is 6.26 Å². The van der Waals surface area contributed by atoms with Crippen molar-refractivity contribution < 1.29 is 18.3 Å². The van der Waals surface area contributed by atoms with Crippen LogP contribution < -0.4 is 10.1 Å². The Morgan fingerprint density at radius 2 is 2.05 bits per heavy atom. The molecule has 2 N–H and O–H groups in total. The van der Waals surface area contributed by atoms with Crippen LogP contribution in [0, 0.1) is 6.92 Å². The first-order chi connectivity index (χ1) is 9.38. The lowest BCUT2D eigenvalue weighted by atomic mass is 10.2. The molecule has 0 aliphatic heterocycles. The number of sulfone groups is 1. The van der Waals surface area contributed by atoms with Crippen molar-refractivity contribution in [2.45, 2.75) is 19.4 Å². The number of benzene rings is 1. The van der Waals surface area contributed by atoms with Gasteiger partial charge in [-0.15, -0.1) is 0 Å². The van der Waals surface area contributed by atoms with Crippen molar-refractivity contribution in [2.75, 3.05) is 31.7 Å². The molecule has 1 aromatic rings. The van der Waals surface area contributed by atoms with Gasteiger partial charge in [0.15, 0.2) is 0 Å². The molecule has 0 radical (unpaired) electrons. The molecule has 0 aliphatic carbocycles. The van der Waals surface area contributed by atoms with E-state index >= 15 is 0 Å². The predicted molar refractivity (Wildman–Crippen MR) is 79.9 cm³/mol. The number of rotatable bonds is 9. The van der Waals surface area contributed by atoms with Crippen molar-refractivity contribution >= 4 is 9.84 Å². The van der Waals surface area contributed by atoms with Crippen LogP contribution >= 0.6 is 0 Å². The maximum absolute atomic E-state index is 10.9. The highest BCUT2D eigenvalue weighted by Gasteiger charge is 2.06. The van der Waals surface area contributed by atoms with Crippen LogP contribution in [0.3, 0.4) is 0 Å². The second-order valence-electron chi connectivity index (χ2n) is 4.92. The van der Waals surface area contributed by atoms with E-state index in [-0.39, 0.29) is 12.4 Å². The van der Waals surface area contributed by atoms with Gasteiger partial charge in [0.05, 0.1) is 5.75 Å². The standard InChI is InChI=1S/C14H23NO4S/c1-12-6-3-4-7-14(12)19-11-13(16)10-15-8-5-9-20(2,17)18/h3-4,6-7,13,15-16H,5,8-11H2,1-2H3. The third kappa shape index (κ3) is 7.47. The molecule has 0 spiro atoms. The molecule has 0 heterocycles. The zero-order valence-corrected chi connectivity index (χ0v) is 12.8. The molecule has 0 saturated heterocycles. The summed E-state index contributed by atoms with van der Waals surface area (Å²) in [7, 11) is -2.90. The molecule has 5 nitrogen and oxygen atoms in total. The molecular formula is C14H23NO4S. The summed E-state index contributed by atoms with van der Waals surface area (Å²) in [6.07, 6.45) is 1.15. The molecule has 0 aromatic heterocycles. The molecule has 20 heavy (non-hydrogen) atoms. The van der Waals surface area contributed by atoms with Crippen LogP contribution in [0.25, 0.3) is 0 Å². The minimum Gasteiger partial charge on any atom is -0.491 e. The Morgan fingerprint density at radius 1 is 1.35 bits per heavy atom. The van der Waals surface area contributed by atoms with Gasteiger partial charge in [-0.3, -0.25) is 0 Å². The second kappa shape index (κ2) is 8.24. The summed E-state index contributed by atoms with van der Waals surface area (Å²) in [5.74, 6) is 0.930. The summed E-state index contributed by atoms with van der Waals surface area (Å²) in [6, 6.07) is 7.63. The van der Waals surface area contributed by atoms with E-state index in [1.807, 2.05) is 31.2 Å². The summed E-state index contributed by atoms with van der Waals surface area (Å²) in [4.78, 5) is 0. The number of para-hydroxylation sites is 1. The lowest BCUT2D eigenvalue weighted by Crippen LogP contribution is -2.32. The number of aliphatic hydroxyl groups excluding tert-OH is 1. The van der Waals surface area contributed by atoms with Crippen LogP contribution in [0.15, 0.2) is 24.3 Å². The molecule has 1 unspecified atom stereocenters. The highest BCUT2D eigenvalue weighted by Crippen LogP contribution is 2.16. The predicted octanol–water partition coefficient (Wildman–Crippen LogP) is 0.759. The highest BCUT2D eigenvalue weighted by molar-refractivity contribution is 7.90. The molecule has 0 bridgehead atoms. The number of aliphatic hydroxyl groups is 1. The molecule has 1 rings (SSSR count). The molecule has 0 amide bonds. The fourth-order valence-corrected chi connectivity index (χ4v) is 2.36. The Labute approximate surface area is 120 Å². The first-order valence-electron chi connectivity index (χ1n) is 6.63. The van der Waals surface area contributed by atoms with E-state index in [0.29, 0.717) is 19.5 Å². The number of aryl methyl sites for hydroxylation is 1. The lowest BCUT2D eigenvalue weighted by Gasteiger charge is -2.14. The van der Waals surface area contributed by atoms with E-state index in [1.54, 1.807) is 0 Å². The topological polar surface area (TPSA) is 75.6 Å². The van der Waals surface area contributed by atoms with Gasteiger partial charge in [0.1, 0.15) is 28.3 Å². The Hall–Kier alpha value is -1.11. The van der Waals surface area contributed by atoms with Crippen LogP contribution in [-0.2, 0) is 9.84 Å². The van der Waals surface area contributed by atoms with Crippen molar-refractivity contribution in [2.24, 2.45) is 0 Å². The zero-order valence-electron chi connectivity index (χ0n) is 12.0. The summed E-state index contributed by atoms with van der Waals surface area (Å²) in [6.45, 7) is 3.11. The van der Waals surface area contributed by atoms with Gasteiger partial charge < -0.3 is 15.2 Å². The van der Waals surface area contributed by atoms with Crippen LogP contribution in [-0.4, -0.2) is 51.3 Å². The Kier molecular flexibility index (Phi) is 6.98. The molecule has 114 valence electrons. The third-order valence-electron chi connectivity index (χ3n) is 2.77. The number of nitrogens with one attached hydrogen (secondary N) is 1. The highest BCUT2D eigenvalue weighted by atomic mass is 32.2. The molecule has 6 heteroatoms. The van der Waals surface area contributed by atoms with Gasteiger partial charge in [0.2, 0.25) is 0 Å². The first-order valence-corrected chi connectivity index (χ1v) is 8.69. The van der Waals surface area contributed by atoms with Gasteiger partial charge in [-0.25, -0.2) is 8.42 Å². The molecule has 0 fully saturated rings. The van der Waals surface area contributed by atoms with Crippen LogP contribution in [0.5, 0.6) is 5.75 Å². The van der Waals surface area contributed by atoms with E-state index < -0.39 is 15.9 Å². The van der Waals surface area contributed by atoms with Crippen LogP contribution in [0.2, 0.25) is 0 Å². The maximum atomic E-state index is 10.9.